The van der Waals surface area contributed by atoms with Crippen LogP contribution in [-0.4, -0.2) is 22.4 Å². The second-order valence-corrected chi connectivity index (χ2v) is 4.91. The van der Waals surface area contributed by atoms with Crippen LogP contribution in [-0.2, 0) is 6.42 Å². The summed E-state index contributed by atoms with van der Waals surface area (Å²) in [4.78, 5) is 18.3. The van der Waals surface area contributed by atoms with Gasteiger partial charge in [0.2, 0.25) is 5.76 Å². The van der Waals surface area contributed by atoms with Gasteiger partial charge in [-0.1, -0.05) is 0 Å². The summed E-state index contributed by atoms with van der Waals surface area (Å²) in [5.41, 5.74) is 1.79. The molecule has 3 rings (SSSR count). The summed E-state index contributed by atoms with van der Waals surface area (Å²) in [7, 11) is 0. The molecular formula is C15H13F2N3O2. The fraction of sp³-hybridized carbons (Fsp3) is 0.200. The topological polar surface area (TPSA) is 70.9 Å². The minimum Gasteiger partial charge on any atom is -0.438 e. The molecule has 0 aliphatic carbocycles. The number of benzene rings is 1. The van der Waals surface area contributed by atoms with Gasteiger partial charge >= 0.3 is 0 Å². The number of H-pyrrole nitrogens is 1. The van der Waals surface area contributed by atoms with Crippen LogP contribution < -0.4 is 5.32 Å². The van der Waals surface area contributed by atoms with E-state index in [1.165, 1.54) is 18.7 Å². The Balaban J connectivity index is 1.77. The minimum absolute atomic E-state index is 0.118. The molecule has 0 fully saturated rings. The van der Waals surface area contributed by atoms with Crippen LogP contribution in [0.1, 0.15) is 21.8 Å². The van der Waals surface area contributed by atoms with E-state index in [9.17, 15) is 13.6 Å². The molecule has 3 aromatic rings. The van der Waals surface area contributed by atoms with Crippen LogP contribution in [0.25, 0.3) is 10.9 Å². The zero-order chi connectivity index (χ0) is 15.7. The Labute approximate surface area is 124 Å². The molecule has 0 aliphatic rings. The number of nitrogens with one attached hydrogen (secondary N) is 2. The summed E-state index contributed by atoms with van der Waals surface area (Å²) in [5.74, 6) is -1.52. The number of halogens is 2. The van der Waals surface area contributed by atoms with Gasteiger partial charge in [0.25, 0.3) is 5.91 Å². The number of hydrogen-bond acceptors (Lipinski definition) is 3. The molecule has 0 saturated carbocycles. The number of hydrogen-bond donors (Lipinski definition) is 2. The van der Waals surface area contributed by atoms with Gasteiger partial charge in [-0.25, -0.2) is 13.8 Å². The van der Waals surface area contributed by atoms with Crippen molar-refractivity contribution < 1.29 is 18.0 Å². The van der Waals surface area contributed by atoms with Gasteiger partial charge in [-0.3, -0.25) is 4.79 Å². The van der Waals surface area contributed by atoms with E-state index in [0.717, 1.165) is 17.3 Å². The molecule has 0 radical (unpaired) electrons. The number of aryl methyl sites for hydroxylation is 1. The van der Waals surface area contributed by atoms with Gasteiger partial charge in [-0.2, -0.15) is 0 Å². The van der Waals surface area contributed by atoms with Gasteiger partial charge in [0.15, 0.2) is 6.39 Å². The van der Waals surface area contributed by atoms with Crippen molar-refractivity contribution in [3.63, 3.8) is 0 Å². The van der Waals surface area contributed by atoms with Crippen LogP contribution in [0, 0.1) is 18.6 Å². The van der Waals surface area contributed by atoms with E-state index in [2.05, 4.69) is 15.3 Å². The molecule has 0 spiro atoms. The first-order valence-electron chi connectivity index (χ1n) is 6.69. The van der Waals surface area contributed by atoms with Crippen molar-refractivity contribution in [2.45, 2.75) is 13.3 Å². The van der Waals surface area contributed by atoms with Gasteiger partial charge in [-0.15, -0.1) is 0 Å². The fourth-order valence-corrected chi connectivity index (χ4v) is 2.44. The smallest absolute Gasteiger partial charge is 0.288 e. The monoisotopic (exact) mass is 305 g/mol. The lowest BCUT2D eigenvalue weighted by molar-refractivity contribution is 0.0926. The van der Waals surface area contributed by atoms with Crippen molar-refractivity contribution in [3.05, 3.63) is 53.4 Å². The molecule has 22 heavy (non-hydrogen) atoms. The number of aromatic amines is 1. The Hall–Kier alpha value is -2.70. The normalized spacial score (nSPS) is 11.0. The first kappa shape index (κ1) is 14.2. The molecule has 1 aromatic carbocycles. The van der Waals surface area contributed by atoms with E-state index >= 15 is 0 Å². The Bertz CT molecular complexity index is 825. The van der Waals surface area contributed by atoms with Crippen LogP contribution in [0.4, 0.5) is 8.78 Å². The highest BCUT2D eigenvalue weighted by Gasteiger charge is 2.14. The van der Waals surface area contributed by atoms with Gasteiger partial charge in [-0.05, 0) is 25.0 Å². The third kappa shape index (κ3) is 2.57. The standard InChI is InChI=1S/C15H13F2N3O2/c1-8-10(2-3-19-15(21)13-6-18-7-22-13)11-4-9(16)5-12(17)14(11)20-8/h4-7,20H,2-3H2,1H3,(H,19,21). The summed E-state index contributed by atoms with van der Waals surface area (Å²) in [6.45, 7) is 2.09. The number of amides is 1. The van der Waals surface area contributed by atoms with E-state index in [-0.39, 0.29) is 17.2 Å². The zero-order valence-electron chi connectivity index (χ0n) is 11.7. The molecule has 2 N–H and O–H groups in total. The van der Waals surface area contributed by atoms with Crippen LogP contribution >= 0.6 is 0 Å². The lowest BCUT2D eigenvalue weighted by atomic mass is 10.1. The van der Waals surface area contributed by atoms with Crippen molar-refractivity contribution >= 4 is 16.8 Å². The van der Waals surface area contributed by atoms with E-state index < -0.39 is 11.6 Å². The number of nitrogens with zero attached hydrogens (tertiary/aromatic N) is 1. The van der Waals surface area contributed by atoms with Gasteiger partial charge in [0, 0.05) is 23.7 Å². The number of fused-ring (bicyclic) bond motifs is 1. The summed E-state index contributed by atoms with van der Waals surface area (Å²) < 4.78 is 32.0. The van der Waals surface area contributed by atoms with Crippen LogP contribution in [0.3, 0.4) is 0 Å². The fourth-order valence-electron chi connectivity index (χ4n) is 2.44. The summed E-state index contributed by atoms with van der Waals surface area (Å²) in [5, 5.41) is 3.16. The van der Waals surface area contributed by atoms with E-state index in [4.69, 9.17) is 4.42 Å². The molecule has 0 saturated heterocycles. The third-order valence-corrected chi connectivity index (χ3v) is 3.46. The number of carbonyl (C=O) groups is 1. The summed E-state index contributed by atoms with van der Waals surface area (Å²) >= 11 is 0. The first-order chi connectivity index (χ1) is 10.6. The molecule has 114 valence electrons. The summed E-state index contributed by atoms with van der Waals surface area (Å²) in [6.07, 6.45) is 2.93. The Morgan fingerprint density at radius 2 is 2.23 bits per heavy atom. The number of oxazole rings is 1. The predicted molar refractivity (Wildman–Crippen MR) is 75.5 cm³/mol. The van der Waals surface area contributed by atoms with Crippen molar-refractivity contribution in [1.82, 2.24) is 15.3 Å². The molecule has 2 aromatic heterocycles. The molecule has 7 heteroatoms. The Morgan fingerprint density at radius 1 is 1.41 bits per heavy atom. The maximum Gasteiger partial charge on any atom is 0.288 e. The number of rotatable bonds is 4. The van der Waals surface area contributed by atoms with Gasteiger partial charge in [0.1, 0.15) is 11.6 Å². The van der Waals surface area contributed by atoms with E-state index in [0.29, 0.717) is 18.4 Å². The largest absolute Gasteiger partial charge is 0.438 e. The number of carbonyl (C=O) groups excluding carboxylic acids is 1. The van der Waals surface area contributed by atoms with Crippen LogP contribution in [0.2, 0.25) is 0 Å². The van der Waals surface area contributed by atoms with Crippen molar-refractivity contribution in [2.24, 2.45) is 0 Å². The second kappa shape index (κ2) is 5.59. The highest BCUT2D eigenvalue weighted by Crippen LogP contribution is 2.25. The zero-order valence-corrected chi connectivity index (χ0v) is 11.7. The van der Waals surface area contributed by atoms with Crippen molar-refractivity contribution in [2.75, 3.05) is 6.54 Å². The molecule has 0 bridgehead atoms. The molecule has 2 heterocycles. The highest BCUT2D eigenvalue weighted by atomic mass is 19.1. The molecule has 0 atom stereocenters. The predicted octanol–water partition coefficient (Wildman–Crippen LogP) is 2.72. The lowest BCUT2D eigenvalue weighted by Crippen LogP contribution is -2.25. The maximum absolute atomic E-state index is 13.7. The second-order valence-electron chi connectivity index (χ2n) is 4.91. The highest BCUT2D eigenvalue weighted by molar-refractivity contribution is 5.91. The average Bonchev–Trinajstić information content (AvgIpc) is 3.09. The quantitative estimate of drug-likeness (QED) is 0.778. The molecule has 1 amide bonds. The van der Waals surface area contributed by atoms with Gasteiger partial charge < -0.3 is 14.7 Å². The SMILES string of the molecule is Cc1[nH]c2c(F)cc(F)cc2c1CCNC(=O)c1cnco1. The van der Waals surface area contributed by atoms with Crippen LogP contribution in [0.5, 0.6) is 0 Å². The summed E-state index contributed by atoms with van der Waals surface area (Å²) in [6, 6.07) is 2.13. The molecular weight excluding hydrogens is 292 g/mol. The first-order valence-corrected chi connectivity index (χ1v) is 6.69. The van der Waals surface area contributed by atoms with Crippen molar-refractivity contribution in [3.8, 4) is 0 Å². The maximum atomic E-state index is 13.7. The minimum atomic E-state index is -0.630. The Kier molecular flexibility index (Phi) is 3.62. The lowest BCUT2D eigenvalue weighted by Gasteiger charge is -2.04. The number of aromatic nitrogens is 2. The third-order valence-electron chi connectivity index (χ3n) is 3.46. The molecule has 5 nitrogen and oxygen atoms in total. The molecule has 0 unspecified atom stereocenters. The molecule has 0 aliphatic heterocycles. The van der Waals surface area contributed by atoms with Gasteiger partial charge in [0.05, 0.1) is 11.7 Å². The van der Waals surface area contributed by atoms with E-state index in [1.807, 2.05) is 0 Å². The average molecular weight is 305 g/mol. The van der Waals surface area contributed by atoms with Crippen LogP contribution in [0.15, 0.2) is 29.1 Å². The van der Waals surface area contributed by atoms with E-state index in [1.54, 1.807) is 6.92 Å². The Morgan fingerprint density at radius 3 is 2.95 bits per heavy atom. The van der Waals surface area contributed by atoms with Crippen molar-refractivity contribution in [1.29, 1.82) is 0 Å².